The highest BCUT2D eigenvalue weighted by atomic mass is 35.5. The highest BCUT2D eigenvalue weighted by Gasteiger charge is 2.19. The van der Waals surface area contributed by atoms with Crippen molar-refractivity contribution in [2.45, 2.75) is 13.1 Å². The van der Waals surface area contributed by atoms with E-state index < -0.39 is 6.67 Å². The van der Waals surface area contributed by atoms with Crippen LogP contribution in [0.25, 0.3) is 5.57 Å². The second kappa shape index (κ2) is 7.40. The maximum absolute atomic E-state index is 12.5. The Hall–Kier alpha value is -2.47. The molecule has 1 aliphatic rings. The maximum atomic E-state index is 12.5. The molecule has 3 heterocycles. The topological polar surface area (TPSA) is 58.1 Å². The summed E-state index contributed by atoms with van der Waals surface area (Å²) in [4.78, 5) is 22.2. The summed E-state index contributed by atoms with van der Waals surface area (Å²) in [6.45, 7) is 0.459. The average molecular weight is 347 g/mol. The molecule has 0 unspecified atom stereocenters. The van der Waals surface area contributed by atoms with Crippen LogP contribution in [0.2, 0.25) is 5.02 Å². The number of hydrogen-bond acceptors (Lipinski definition) is 3. The average Bonchev–Trinajstić information content (AvgIpc) is 2.63. The molecule has 1 aliphatic heterocycles. The lowest BCUT2D eigenvalue weighted by Crippen LogP contribution is -2.38. The molecule has 124 valence electrons. The zero-order valence-corrected chi connectivity index (χ0v) is 13.6. The van der Waals surface area contributed by atoms with Gasteiger partial charge in [0.1, 0.15) is 12.5 Å². The van der Waals surface area contributed by atoms with E-state index in [1.165, 1.54) is 6.20 Å². The van der Waals surface area contributed by atoms with Gasteiger partial charge in [0.05, 0.1) is 10.7 Å². The molecule has 5 nitrogen and oxygen atoms in total. The molecule has 24 heavy (non-hydrogen) atoms. The molecule has 0 saturated heterocycles. The molecule has 0 atom stereocenters. The molecule has 3 rings (SSSR count). The molecular formula is C17H16ClFN4O. The van der Waals surface area contributed by atoms with E-state index in [1.807, 2.05) is 6.08 Å². The van der Waals surface area contributed by atoms with E-state index in [0.29, 0.717) is 35.9 Å². The van der Waals surface area contributed by atoms with E-state index in [0.717, 1.165) is 11.3 Å². The first-order valence-corrected chi connectivity index (χ1v) is 7.92. The van der Waals surface area contributed by atoms with Crippen LogP contribution in [0, 0.1) is 0 Å². The van der Waals surface area contributed by atoms with E-state index in [4.69, 9.17) is 11.6 Å². The number of urea groups is 1. The van der Waals surface area contributed by atoms with Crippen molar-refractivity contribution in [2.75, 3.05) is 18.4 Å². The molecule has 2 aromatic heterocycles. The number of halogens is 2. The van der Waals surface area contributed by atoms with Crippen molar-refractivity contribution in [3.63, 3.8) is 0 Å². The molecule has 0 radical (unpaired) electrons. The lowest BCUT2D eigenvalue weighted by molar-refractivity contribution is 0.217. The summed E-state index contributed by atoms with van der Waals surface area (Å²) in [5, 5.41) is 3.32. The van der Waals surface area contributed by atoms with Crippen LogP contribution >= 0.6 is 11.6 Å². The van der Waals surface area contributed by atoms with E-state index in [1.54, 1.807) is 35.4 Å². The first-order valence-electron chi connectivity index (χ1n) is 7.54. The predicted octanol–water partition coefficient (Wildman–Crippen LogP) is 3.92. The number of nitrogens with one attached hydrogen (secondary N) is 1. The zero-order valence-electron chi connectivity index (χ0n) is 12.9. The van der Waals surface area contributed by atoms with Crippen molar-refractivity contribution >= 4 is 29.0 Å². The number of alkyl halides is 1. The lowest BCUT2D eigenvalue weighted by Gasteiger charge is -2.26. The Kier molecular flexibility index (Phi) is 5.05. The van der Waals surface area contributed by atoms with Gasteiger partial charge >= 0.3 is 6.03 Å². The minimum atomic E-state index is -0.572. The number of nitrogens with zero attached hydrogens (tertiary/aromatic N) is 3. The summed E-state index contributed by atoms with van der Waals surface area (Å²) in [5.74, 6) is 0.403. The molecule has 0 aliphatic carbocycles. The fourth-order valence-electron chi connectivity index (χ4n) is 2.46. The number of hydrogen-bond donors (Lipinski definition) is 1. The Bertz CT molecular complexity index is 763. The van der Waals surface area contributed by atoms with Crippen molar-refractivity contribution in [1.82, 2.24) is 14.9 Å². The van der Waals surface area contributed by atoms with Gasteiger partial charge in [-0.2, -0.15) is 0 Å². The van der Waals surface area contributed by atoms with Crippen molar-refractivity contribution < 1.29 is 9.18 Å². The molecule has 0 bridgehead atoms. The fourth-order valence-corrected chi connectivity index (χ4v) is 2.70. The third-order valence-electron chi connectivity index (χ3n) is 3.77. The largest absolute Gasteiger partial charge is 0.323 e. The first-order chi connectivity index (χ1) is 11.7. The zero-order chi connectivity index (χ0) is 16.9. The minimum Gasteiger partial charge on any atom is -0.320 e. The molecule has 2 amide bonds. The summed E-state index contributed by atoms with van der Waals surface area (Å²) >= 11 is 6.16. The van der Waals surface area contributed by atoms with Gasteiger partial charge in [0, 0.05) is 31.0 Å². The van der Waals surface area contributed by atoms with Crippen LogP contribution in [0.3, 0.4) is 0 Å². The third-order valence-corrected chi connectivity index (χ3v) is 4.08. The van der Waals surface area contributed by atoms with Crippen LogP contribution in [-0.2, 0) is 6.67 Å². The Morgan fingerprint density at radius 2 is 2.21 bits per heavy atom. The molecule has 2 aromatic rings. The normalized spacial score (nSPS) is 14.2. The van der Waals surface area contributed by atoms with Crippen LogP contribution in [0.1, 0.15) is 17.7 Å². The van der Waals surface area contributed by atoms with Gasteiger partial charge < -0.3 is 4.90 Å². The van der Waals surface area contributed by atoms with Crippen LogP contribution in [0.5, 0.6) is 0 Å². The number of amides is 2. The van der Waals surface area contributed by atoms with Gasteiger partial charge in [-0.3, -0.25) is 10.3 Å². The van der Waals surface area contributed by atoms with Gasteiger partial charge in [-0.1, -0.05) is 23.7 Å². The number of carbonyl (C=O) groups is 1. The predicted molar refractivity (Wildman–Crippen MR) is 91.5 cm³/mol. The molecule has 7 heteroatoms. The Morgan fingerprint density at radius 3 is 2.83 bits per heavy atom. The molecule has 0 aromatic carbocycles. The standard InChI is InChI=1S/C17H16ClFN4O/c18-14-2-1-7-20-16(14)13-5-8-23(9-6-13)17(24)22-15-4-3-12(10-19)11-21-15/h1-5,7,11H,6,8-10H2,(H,21,22,24). The number of rotatable bonds is 3. The highest BCUT2D eigenvalue weighted by Crippen LogP contribution is 2.26. The number of aromatic nitrogens is 2. The number of anilines is 1. The molecule has 0 spiro atoms. The van der Waals surface area contributed by atoms with Crippen LogP contribution < -0.4 is 5.32 Å². The Labute approximate surface area is 144 Å². The minimum absolute atomic E-state index is 0.238. The molecule has 1 N–H and O–H groups in total. The maximum Gasteiger partial charge on any atom is 0.323 e. The van der Waals surface area contributed by atoms with Gasteiger partial charge in [-0.15, -0.1) is 0 Å². The van der Waals surface area contributed by atoms with Crippen molar-refractivity contribution in [1.29, 1.82) is 0 Å². The first kappa shape index (κ1) is 16.4. The molecular weight excluding hydrogens is 331 g/mol. The van der Waals surface area contributed by atoms with Crippen molar-refractivity contribution in [3.05, 3.63) is 59.0 Å². The summed E-state index contributed by atoms with van der Waals surface area (Å²) in [6.07, 6.45) is 5.75. The van der Waals surface area contributed by atoms with Gasteiger partial charge in [-0.05, 0) is 30.2 Å². The van der Waals surface area contributed by atoms with Crippen LogP contribution in [-0.4, -0.2) is 34.0 Å². The van der Waals surface area contributed by atoms with Crippen molar-refractivity contribution in [2.24, 2.45) is 0 Å². The molecule has 0 saturated carbocycles. The Balaban J connectivity index is 1.63. The van der Waals surface area contributed by atoms with Gasteiger partial charge in [0.25, 0.3) is 0 Å². The van der Waals surface area contributed by atoms with Crippen LogP contribution in [0.4, 0.5) is 15.0 Å². The summed E-state index contributed by atoms with van der Waals surface area (Å²) in [6, 6.07) is 6.54. The second-order valence-corrected chi connectivity index (χ2v) is 5.78. The van der Waals surface area contributed by atoms with Crippen molar-refractivity contribution in [3.8, 4) is 0 Å². The smallest absolute Gasteiger partial charge is 0.320 e. The quantitative estimate of drug-likeness (QED) is 0.916. The second-order valence-electron chi connectivity index (χ2n) is 5.37. The summed E-state index contributed by atoms with van der Waals surface area (Å²) in [7, 11) is 0. The summed E-state index contributed by atoms with van der Waals surface area (Å²) < 4.78 is 12.5. The van der Waals surface area contributed by atoms with Gasteiger partial charge in [0.2, 0.25) is 0 Å². The fraction of sp³-hybridized carbons (Fsp3) is 0.235. The Morgan fingerprint density at radius 1 is 1.33 bits per heavy atom. The van der Waals surface area contributed by atoms with E-state index in [9.17, 15) is 9.18 Å². The van der Waals surface area contributed by atoms with Gasteiger partial charge in [-0.25, -0.2) is 14.2 Å². The monoisotopic (exact) mass is 346 g/mol. The van der Waals surface area contributed by atoms with E-state index >= 15 is 0 Å². The number of pyridine rings is 2. The SMILES string of the molecule is O=C(Nc1ccc(CF)cn1)N1CC=C(c2ncccc2Cl)CC1. The third kappa shape index (κ3) is 3.71. The number of carbonyl (C=O) groups excluding carboxylic acids is 1. The highest BCUT2D eigenvalue weighted by molar-refractivity contribution is 6.32. The summed E-state index contributed by atoms with van der Waals surface area (Å²) in [5.41, 5.74) is 2.28. The van der Waals surface area contributed by atoms with E-state index in [2.05, 4.69) is 15.3 Å². The molecule has 0 fully saturated rings. The van der Waals surface area contributed by atoms with Crippen LogP contribution in [0.15, 0.2) is 42.7 Å². The lowest BCUT2D eigenvalue weighted by atomic mass is 10.0. The van der Waals surface area contributed by atoms with E-state index in [-0.39, 0.29) is 6.03 Å². The van der Waals surface area contributed by atoms with Gasteiger partial charge in [0.15, 0.2) is 0 Å².